The summed E-state index contributed by atoms with van der Waals surface area (Å²) in [6, 6.07) is 6.99. The largest absolute Gasteiger partial charge is 0.508 e. The second kappa shape index (κ2) is 5.21. The molecule has 0 aliphatic heterocycles. The molecule has 0 unspecified atom stereocenters. The van der Waals surface area contributed by atoms with Gasteiger partial charge in [-0.25, -0.2) is 0 Å². The normalized spacial score (nSPS) is 12.0. The molecular formula is C10H15N3O2. The van der Waals surface area contributed by atoms with Crippen LogP contribution in [0.5, 0.6) is 5.75 Å². The summed E-state index contributed by atoms with van der Waals surface area (Å²) >= 11 is 0. The van der Waals surface area contributed by atoms with Crippen LogP contribution in [0.25, 0.3) is 0 Å². The SMILES string of the molecule is CN(CC(N)=NO)Cc1cccc(O)c1. The fourth-order valence-electron chi connectivity index (χ4n) is 1.33. The first-order chi connectivity index (χ1) is 7.11. The van der Waals surface area contributed by atoms with Crippen molar-refractivity contribution in [2.24, 2.45) is 10.9 Å². The van der Waals surface area contributed by atoms with Crippen molar-refractivity contribution >= 4 is 5.84 Å². The number of amidine groups is 1. The predicted octanol–water partition coefficient (Wildman–Crippen LogP) is 0.570. The van der Waals surface area contributed by atoms with Crippen LogP contribution in [0, 0.1) is 0 Å². The first kappa shape index (κ1) is 11.3. The Morgan fingerprint density at radius 3 is 2.87 bits per heavy atom. The third kappa shape index (κ3) is 3.86. The highest BCUT2D eigenvalue weighted by Crippen LogP contribution is 2.11. The lowest BCUT2D eigenvalue weighted by atomic mass is 10.2. The molecule has 0 amide bonds. The maximum atomic E-state index is 9.25. The van der Waals surface area contributed by atoms with E-state index in [0.717, 1.165) is 5.56 Å². The Hall–Kier alpha value is -1.75. The molecule has 4 N–H and O–H groups in total. The highest BCUT2D eigenvalue weighted by molar-refractivity contribution is 5.81. The van der Waals surface area contributed by atoms with Crippen molar-refractivity contribution in [2.75, 3.05) is 13.6 Å². The fourth-order valence-corrected chi connectivity index (χ4v) is 1.33. The molecule has 0 saturated carbocycles. The van der Waals surface area contributed by atoms with E-state index in [1.807, 2.05) is 18.0 Å². The van der Waals surface area contributed by atoms with Gasteiger partial charge in [0.2, 0.25) is 0 Å². The molecule has 0 radical (unpaired) electrons. The van der Waals surface area contributed by atoms with E-state index in [2.05, 4.69) is 5.16 Å². The number of aromatic hydroxyl groups is 1. The van der Waals surface area contributed by atoms with Crippen LogP contribution in [0.15, 0.2) is 29.4 Å². The fraction of sp³-hybridized carbons (Fsp3) is 0.300. The van der Waals surface area contributed by atoms with Crippen molar-refractivity contribution in [3.63, 3.8) is 0 Å². The highest BCUT2D eigenvalue weighted by Gasteiger charge is 2.03. The van der Waals surface area contributed by atoms with Gasteiger partial charge in [0.25, 0.3) is 0 Å². The average molecular weight is 209 g/mol. The summed E-state index contributed by atoms with van der Waals surface area (Å²) in [5, 5.41) is 20.5. The van der Waals surface area contributed by atoms with Crippen molar-refractivity contribution in [3.05, 3.63) is 29.8 Å². The Bertz CT molecular complexity index is 352. The zero-order valence-electron chi connectivity index (χ0n) is 8.59. The van der Waals surface area contributed by atoms with E-state index >= 15 is 0 Å². The topological polar surface area (TPSA) is 82.1 Å². The number of phenols is 1. The van der Waals surface area contributed by atoms with E-state index in [1.54, 1.807) is 18.2 Å². The molecule has 0 aliphatic rings. The van der Waals surface area contributed by atoms with Crippen LogP contribution >= 0.6 is 0 Å². The number of nitrogens with zero attached hydrogens (tertiary/aromatic N) is 2. The van der Waals surface area contributed by atoms with Crippen LogP contribution in [-0.4, -0.2) is 34.6 Å². The Labute approximate surface area is 88.4 Å². The van der Waals surface area contributed by atoms with E-state index in [1.165, 1.54) is 0 Å². The first-order valence-corrected chi connectivity index (χ1v) is 4.54. The number of hydrogen-bond acceptors (Lipinski definition) is 4. The van der Waals surface area contributed by atoms with Crippen LogP contribution in [0.4, 0.5) is 0 Å². The van der Waals surface area contributed by atoms with Gasteiger partial charge in [-0.15, -0.1) is 0 Å². The Morgan fingerprint density at radius 1 is 1.53 bits per heavy atom. The number of rotatable bonds is 4. The van der Waals surface area contributed by atoms with E-state index in [-0.39, 0.29) is 11.6 Å². The van der Waals surface area contributed by atoms with Gasteiger partial charge in [0, 0.05) is 6.54 Å². The first-order valence-electron chi connectivity index (χ1n) is 4.54. The molecule has 0 atom stereocenters. The Kier molecular flexibility index (Phi) is 3.93. The molecule has 0 aliphatic carbocycles. The maximum absolute atomic E-state index is 9.25. The summed E-state index contributed by atoms with van der Waals surface area (Å²) in [5.74, 6) is 0.405. The van der Waals surface area contributed by atoms with E-state index < -0.39 is 0 Å². The van der Waals surface area contributed by atoms with Crippen LogP contribution in [0.2, 0.25) is 0 Å². The summed E-state index contributed by atoms with van der Waals surface area (Å²) in [4.78, 5) is 1.88. The number of oxime groups is 1. The number of likely N-dealkylation sites (N-methyl/N-ethyl adjacent to an activating group) is 1. The molecule has 0 spiro atoms. The Morgan fingerprint density at radius 2 is 2.27 bits per heavy atom. The molecule has 0 heterocycles. The molecule has 0 aromatic heterocycles. The smallest absolute Gasteiger partial charge is 0.153 e. The van der Waals surface area contributed by atoms with E-state index in [9.17, 15) is 5.11 Å². The second-order valence-electron chi connectivity index (χ2n) is 3.43. The van der Waals surface area contributed by atoms with Crippen molar-refractivity contribution in [1.29, 1.82) is 0 Å². The van der Waals surface area contributed by atoms with Gasteiger partial charge < -0.3 is 16.0 Å². The molecule has 1 aromatic carbocycles. The van der Waals surface area contributed by atoms with Crippen LogP contribution in [-0.2, 0) is 6.54 Å². The van der Waals surface area contributed by atoms with Gasteiger partial charge in [0.05, 0.1) is 6.54 Å². The number of hydrogen-bond donors (Lipinski definition) is 3. The molecule has 0 fully saturated rings. The third-order valence-electron chi connectivity index (χ3n) is 1.92. The van der Waals surface area contributed by atoms with Crippen molar-refractivity contribution < 1.29 is 10.3 Å². The van der Waals surface area contributed by atoms with Gasteiger partial charge in [-0.2, -0.15) is 0 Å². The molecule has 0 saturated heterocycles. The van der Waals surface area contributed by atoms with Gasteiger partial charge in [-0.1, -0.05) is 17.3 Å². The predicted molar refractivity (Wildman–Crippen MR) is 57.8 cm³/mol. The number of benzene rings is 1. The minimum absolute atomic E-state index is 0.164. The lowest BCUT2D eigenvalue weighted by molar-refractivity contribution is 0.308. The molecule has 0 bridgehead atoms. The zero-order valence-corrected chi connectivity index (χ0v) is 8.59. The molecule has 5 nitrogen and oxygen atoms in total. The Balaban J connectivity index is 2.55. The van der Waals surface area contributed by atoms with E-state index in [4.69, 9.17) is 10.9 Å². The zero-order chi connectivity index (χ0) is 11.3. The minimum Gasteiger partial charge on any atom is -0.508 e. The standard InChI is InChI=1S/C10H15N3O2/c1-13(7-10(11)12-15)6-8-3-2-4-9(14)5-8/h2-5,14-15H,6-7H2,1H3,(H2,11,12). The minimum atomic E-state index is 0.164. The van der Waals surface area contributed by atoms with Crippen LogP contribution in [0.1, 0.15) is 5.56 Å². The maximum Gasteiger partial charge on any atom is 0.153 e. The molecule has 82 valence electrons. The molecule has 1 rings (SSSR count). The highest BCUT2D eigenvalue weighted by atomic mass is 16.4. The third-order valence-corrected chi connectivity index (χ3v) is 1.92. The van der Waals surface area contributed by atoms with Crippen molar-refractivity contribution in [1.82, 2.24) is 4.90 Å². The van der Waals surface area contributed by atoms with Gasteiger partial charge >= 0.3 is 0 Å². The summed E-state index contributed by atoms with van der Waals surface area (Å²) in [6.07, 6.45) is 0. The lowest BCUT2D eigenvalue weighted by Crippen LogP contribution is -2.30. The van der Waals surface area contributed by atoms with Crippen molar-refractivity contribution in [3.8, 4) is 5.75 Å². The monoisotopic (exact) mass is 209 g/mol. The van der Waals surface area contributed by atoms with Gasteiger partial charge in [-0.05, 0) is 24.7 Å². The summed E-state index contributed by atoms with van der Waals surface area (Å²) in [6.45, 7) is 1.01. The van der Waals surface area contributed by atoms with E-state index in [0.29, 0.717) is 13.1 Å². The quantitative estimate of drug-likeness (QED) is 0.293. The second-order valence-corrected chi connectivity index (χ2v) is 3.43. The average Bonchev–Trinajstić information content (AvgIpc) is 2.17. The molecule has 1 aromatic rings. The lowest BCUT2D eigenvalue weighted by Gasteiger charge is -2.15. The van der Waals surface area contributed by atoms with Gasteiger partial charge in [0.15, 0.2) is 5.84 Å². The molecule has 5 heteroatoms. The molecule has 15 heavy (non-hydrogen) atoms. The summed E-state index contributed by atoms with van der Waals surface area (Å²) in [7, 11) is 1.85. The summed E-state index contributed by atoms with van der Waals surface area (Å²) in [5.41, 5.74) is 6.34. The van der Waals surface area contributed by atoms with Gasteiger partial charge in [0.1, 0.15) is 5.75 Å². The molecular weight excluding hydrogens is 194 g/mol. The summed E-state index contributed by atoms with van der Waals surface area (Å²) < 4.78 is 0. The number of nitrogens with two attached hydrogens (primary N) is 1. The van der Waals surface area contributed by atoms with Gasteiger partial charge in [-0.3, -0.25) is 4.90 Å². The van der Waals surface area contributed by atoms with Crippen molar-refractivity contribution in [2.45, 2.75) is 6.54 Å². The number of phenolic OH excluding ortho intramolecular Hbond substituents is 1. The van der Waals surface area contributed by atoms with Crippen LogP contribution in [0.3, 0.4) is 0 Å². The van der Waals surface area contributed by atoms with Crippen LogP contribution < -0.4 is 5.73 Å².